The third-order valence-corrected chi connectivity index (χ3v) is 2.18. The number of hydrogen-bond acceptors (Lipinski definition) is 3. The zero-order chi connectivity index (χ0) is 10.8. The Hall–Kier alpha value is -0.570. The number of carbonyl (C=O) groups excluding carboxylic acids is 1. The lowest BCUT2D eigenvalue weighted by Gasteiger charge is -2.12. The summed E-state index contributed by atoms with van der Waals surface area (Å²) in [5.74, 6) is -0.563. The minimum atomic E-state index is -0.318. The highest BCUT2D eigenvalue weighted by molar-refractivity contribution is 5.72. The van der Waals surface area contributed by atoms with Gasteiger partial charge in [0, 0.05) is 0 Å². The molecule has 3 heteroatoms. The molecule has 0 aromatic rings. The Bertz CT molecular complexity index is 145. The van der Waals surface area contributed by atoms with Gasteiger partial charge in [0.2, 0.25) is 0 Å². The van der Waals surface area contributed by atoms with Crippen LogP contribution in [0, 0.1) is 5.92 Å². The van der Waals surface area contributed by atoms with Crippen molar-refractivity contribution in [1.82, 2.24) is 0 Å². The molecule has 0 aliphatic carbocycles. The summed E-state index contributed by atoms with van der Waals surface area (Å²) in [7, 11) is 0. The first kappa shape index (κ1) is 13.4. The van der Waals surface area contributed by atoms with Crippen LogP contribution in [0.4, 0.5) is 0 Å². The van der Waals surface area contributed by atoms with E-state index in [0.29, 0.717) is 13.0 Å². The molecule has 0 spiro atoms. The van der Waals surface area contributed by atoms with Crippen molar-refractivity contribution in [2.45, 2.75) is 46.0 Å². The van der Waals surface area contributed by atoms with E-state index in [0.717, 1.165) is 25.7 Å². The topological polar surface area (TPSA) is 46.5 Å². The Labute approximate surface area is 86.5 Å². The molecule has 0 amide bonds. The summed E-state index contributed by atoms with van der Waals surface area (Å²) < 4.78 is 5.05. The number of aliphatic hydroxyl groups excluding tert-OH is 1. The minimum Gasteiger partial charge on any atom is -0.465 e. The number of hydrogen-bond donors (Lipinski definition) is 1. The Kier molecular flexibility index (Phi) is 8.64. The van der Waals surface area contributed by atoms with Gasteiger partial charge < -0.3 is 9.84 Å². The number of carbonyl (C=O) groups is 1. The van der Waals surface area contributed by atoms with Crippen molar-refractivity contribution in [1.29, 1.82) is 0 Å². The van der Waals surface area contributed by atoms with E-state index in [4.69, 9.17) is 9.84 Å². The number of rotatable bonds is 8. The van der Waals surface area contributed by atoms with Gasteiger partial charge in [-0.2, -0.15) is 0 Å². The van der Waals surface area contributed by atoms with Crippen LogP contribution in [-0.4, -0.2) is 24.3 Å². The first-order valence-electron chi connectivity index (χ1n) is 5.53. The van der Waals surface area contributed by atoms with Crippen LogP contribution >= 0.6 is 0 Å². The lowest BCUT2D eigenvalue weighted by molar-refractivity contribution is -0.150. The fraction of sp³-hybridized carbons (Fsp3) is 0.909. The van der Waals surface area contributed by atoms with E-state index >= 15 is 0 Å². The first-order chi connectivity index (χ1) is 6.76. The van der Waals surface area contributed by atoms with Crippen LogP contribution in [-0.2, 0) is 9.53 Å². The monoisotopic (exact) mass is 202 g/mol. The molecule has 14 heavy (non-hydrogen) atoms. The smallest absolute Gasteiger partial charge is 0.311 e. The number of aliphatic hydroxyl groups is 1. The van der Waals surface area contributed by atoms with Crippen molar-refractivity contribution in [3.8, 4) is 0 Å². The van der Waals surface area contributed by atoms with Crippen LogP contribution in [0.15, 0.2) is 0 Å². The lowest BCUT2D eigenvalue weighted by Crippen LogP contribution is -2.21. The normalized spacial score (nSPS) is 12.5. The van der Waals surface area contributed by atoms with E-state index in [1.54, 1.807) is 0 Å². The fourth-order valence-electron chi connectivity index (χ4n) is 1.27. The molecule has 0 saturated heterocycles. The number of esters is 1. The van der Waals surface area contributed by atoms with E-state index in [9.17, 15) is 4.79 Å². The summed E-state index contributed by atoms with van der Waals surface area (Å²) in [6.07, 6.45) is 4.74. The van der Waals surface area contributed by atoms with E-state index in [1.165, 1.54) is 0 Å². The van der Waals surface area contributed by atoms with Crippen molar-refractivity contribution in [3.05, 3.63) is 0 Å². The maximum Gasteiger partial charge on any atom is 0.311 e. The summed E-state index contributed by atoms with van der Waals surface area (Å²) in [5, 5.41) is 8.93. The molecule has 0 saturated carbocycles. The van der Waals surface area contributed by atoms with Crippen molar-refractivity contribution < 1.29 is 14.6 Å². The van der Waals surface area contributed by atoms with Crippen molar-refractivity contribution in [3.63, 3.8) is 0 Å². The predicted molar refractivity (Wildman–Crippen MR) is 56.0 cm³/mol. The Morgan fingerprint density at radius 1 is 1.29 bits per heavy atom. The zero-order valence-corrected chi connectivity index (χ0v) is 9.29. The third-order valence-electron chi connectivity index (χ3n) is 2.18. The first-order valence-corrected chi connectivity index (χ1v) is 5.53. The molecule has 0 aliphatic heterocycles. The Balaban J connectivity index is 3.58. The van der Waals surface area contributed by atoms with Gasteiger partial charge in [-0.15, -0.1) is 0 Å². The summed E-state index contributed by atoms with van der Waals surface area (Å²) >= 11 is 0. The van der Waals surface area contributed by atoms with Gasteiger partial charge in [-0.05, 0) is 12.8 Å². The van der Waals surface area contributed by atoms with Crippen molar-refractivity contribution >= 4 is 5.97 Å². The molecule has 0 bridgehead atoms. The van der Waals surface area contributed by atoms with Crippen LogP contribution in [0.3, 0.4) is 0 Å². The summed E-state index contributed by atoms with van der Waals surface area (Å²) in [6, 6.07) is 0. The zero-order valence-electron chi connectivity index (χ0n) is 9.29. The molecule has 0 aromatic heterocycles. The van der Waals surface area contributed by atoms with Gasteiger partial charge in [0.05, 0.1) is 19.1 Å². The molecule has 0 aromatic carbocycles. The summed E-state index contributed by atoms with van der Waals surface area (Å²) in [5.41, 5.74) is 0. The number of unbranched alkanes of at least 4 members (excludes halogenated alkanes) is 2. The lowest BCUT2D eigenvalue weighted by atomic mass is 10.1. The standard InChI is InChI=1S/C11H22O3/c1-3-5-6-8-14-11(13)10(9-12)7-4-2/h10,12H,3-9H2,1-2H3. The van der Waals surface area contributed by atoms with E-state index < -0.39 is 0 Å². The molecule has 1 N–H and O–H groups in total. The van der Waals surface area contributed by atoms with E-state index in [2.05, 4.69) is 6.92 Å². The van der Waals surface area contributed by atoms with Crippen LogP contribution in [0.5, 0.6) is 0 Å². The highest BCUT2D eigenvalue weighted by Crippen LogP contribution is 2.08. The average molecular weight is 202 g/mol. The van der Waals surface area contributed by atoms with Gasteiger partial charge in [-0.25, -0.2) is 0 Å². The second kappa shape index (κ2) is 9.00. The Morgan fingerprint density at radius 2 is 2.00 bits per heavy atom. The SMILES string of the molecule is CCCCCOC(=O)C(CO)CCC. The predicted octanol–water partition coefficient (Wildman–Crippen LogP) is 2.13. The fourth-order valence-corrected chi connectivity index (χ4v) is 1.27. The average Bonchev–Trinajstić information content (AvgIpc) is 2.20. The molecule has 0 rings (SSSR count). The maximum atomic E-state index is 11.3. The van der Waals surface area contributed by atoms with Gasteiger partial charge in [0.1, 0.15) is 0 Å². The summed E-state index contributed by atoms with van der Waals surface area (Å²) in [6.45, 7) is 4.50. The van der Waals surface area contributed by atoms with Crippen molar-refractivity contribution in [2.24, 2.45) is 5.92 Å². The largest absolute Gasteiger partial charge is 0.465 e. The molecule has 1 unspecified atom stereocenters. The number of ether oxygens (including phenoxy) is 1. The van der Waals surface area contributed by atoms with Crippen LogP contribution in [0.2, 0.25) is 0 Å². The van der Waals surface area contributed by atoms with Gasteiger partial charge in [0.15, 0.2) is 0 Å². The molecule has 0 heterocycles. The maximum absolute atomic E-state index is 11.3. The molecule has 0 fully saturated rings. The van der Waals surface area contributed by atoms with Gasteiger partial charge >= 0.3 is 5.97 Å². The molecule has 84 valence electrons. The van der Waals surface area contributed by atoms with Gasteiger partial charge in [-0.1, -0.05) is 33.1 Å². The molecule has 1 atom stereocenters. The second-order valence-electron chi connectivity index (χ2n) is 3.54. The van der Waals surface area contributed by atoms with Crippen LogP contribution < -0.4 is 0 Å². The molecule has 3 nitrogen and oxygen atoms in total. The van der Waals surface area contributed by atoms with E-state index in [-0.39, 0.29) is 18.5 Å². The summed E-state index contributed by atoms with van der Waals surface area (Å²) in [4.78, 5) is 11.3. The molecule has 0 radical (unpaired) electrons. The van der Waals surface area contributed by atoms with Gasteiger partial charge in [-0.3, -0.25) is 4.79 Å². The Morgan fingerprint density at radius 3 is 2.50 bits per heavy atom. The minimum absolute atomic E-state index is 0.0968. The van der Waals surface area contributed by atoms with Crippen molar-refractivity contribution in [2.75, 3.05) is 13.2 Å². The molecule has 0 aliphatic rings. The third kappa shape index (κ3) is 5.97. The van der Waals surface area contributed by atoms with Crippen LogP contribution in [0.25, 0.3) is 0 Å². The highest BCUT2D eigenvalue weighted by atomic mass is 16.5. The quantitative estimate of drug-likeness (QED) is 0.484. The van der Waals surface area contributed by atoms with E-state index in [1.807, 2.05) is 6.92 Å². The molecular formula is C11H22O3. The second-order valence-corrected chi connectivity index (χ2v) is 3.54. The van der Waals surface area contributed by atoms with Crippen LogP contribution in [0.1, 0.15) is 46.0 Å². The van der Waals surface area contributed by atoms with Gasteiger partial charge in [0.25, 0.3) is 0 Å². The highest BCUT2D eigenvalue weighted by Gasteiger charge is 2.17. The molecular weight excluding hydrogens is 180 g/mol.